The van der Waals surface area contributed by atoms with Gasteiger partial charge in [0.2, 0.25) is 0 Å². The third-order valence-electron chi connectivity index (χ3n) is 5.38. The number of amides is 1. The van der Waals surface area contributed by atoms with E-state index in [1.807, 2.05) is 54.6 Å². The second-order valence-electron chi connectivity index (χ2n) is 6.95. The van der Waals surface area contributed by atoms with Crippen molar-refractivity contribution in [2.24, 2.45) is 5.73 Å². The number of anilines is 1. The minimum Gasteiger partial charge on any atom is -0.325 e. The molecule has 2 unspecified atom stereocenters. The van der Waals surface area contributed by atoms with E-state index in [4.69, 9.17) is 5.73 Å². The first-order valence-electron chi connectivity index (χ1n) is 8.79. The summed E-state index contributed by atoms with van der Waals surface area (Å²) < 4.78 is 0. The molecule has 2 atom stereocenters. The average molecular weight is 367 g/mol. The molecule has 1 saturated carbocycles. The van der Waals surface area contributed by atoms with Gasteiger partial charge in [0, 0.05) is 22.7 Å². The number of hydrogen-bond donors (Lipinski definition) is 2. The second-order valence-corrected chi connectivity index (χ2v) is 6.95. The molecule has 1 aliphatic carbocycles. The molecule has 1 amide bonds. The van der Waals surface area contributed by atoms with Gasteiger partial charge in [-0.15, -0.1) is 12.4 Å². The number of benzene rings is 3. The maximum atomic E-state index is 12.7. The number of nitrogens with one attached hydrogen (secondary N) is 1. The molecule has 4 rings (SSSR count). The fourth-order valence-electron chi connectivity index (χ4n) is 3.58. The van der Waals surface area contributed by atoms with Crippen molar-refractivity contribution in [1.29, 1.82) is 0 Å². The van der Waals surface area contributed by atoms with Gasteiger partial charge in [-0.2, -0.15) is 0 Å². The number of halogens is 1. The van der Waals surface area contributed by atoms with E-state index >= 15 is 0 Å². The number of carbonyl (C=O) groups excluding carboxylic acids is 1. The van der Waals surface area contributed by atoms with Gasteiger partial charge in [0.05, 0.1) is 0 Å². The third kappa shape index (κ3) is 3.33. The molecule has 0 aliphatic heterocycles. The predicted octanol–water partition coefficient (Wildman–Crippen LogP) is 5.11. The van der Waals surface area contributed by atoms with Crippen molar-refractivity contribution in [2.75, 3.05) is 5.32 Å². The van der Waals surface area contributed by atoms with Crippen LogP contribution in [0.1, 0.15) is 41.6 Å². The van der Waals surface area contributed by atoms with E-state index in [1.165, 1.54) is 5.56 Å². The molecule has 0 heterocycles. The van der Waals surface area contributed by atoms with E-state index in [2.05, 4.69) is 24.4 Å². The highest BCUT2D eigenvalue weighted by Crippen LogP contribution is 2.51. The van der Waals surface area contributed by atoms with Crippen LogP contribution < -0.4 is 11.1 Å². The van der Waals surface area contributed by atoms with Crippen molar-refractivity contribution in [2.45, 2.75) is 31.2 Å². The first kappa shape index (κ1) is 18.4. The summed E-state index contributed by atoms with van der Waals surface area (Å²) in [6.45, 7) is 2.14. The third-order valence-corrected chi connectivity index (χ3v) is 5.38. The molecule has 0 radical (unpaired) electrons. The van der Waals surface area contributed by atoms with E-state index in [1.54, 1.807) is 0 Å². The number of hydrogen-bond acceptors (Lipinski definition) is 2. The van der Waals surface area contributed by atoms with Crippen LogP contribution in [0.2, 0.25) is 0 Å². The molecular formula is C22H23ClN2O. The zero-order valence-electron chi connectivity index (χ0n) is 14.7. The number of carbonyl (C=O) groups is 1. The Balaban J connectivity index is 0.00000196. The summed E-state index contributed by atoms with van der Waals surface area (Å²) in [5.41, 5.74) is 9.02. The minimum atomic E-state index is -0.0855. The van der Waals surface area contributed by atoms with Crippen LogP contribution >= 0.6 is 12.4 Å². The van der Waals surface area contributed by atoms with Gasteiger partial charge in [-0.25, -0.2) is 0 Å². The molecule has 0 aromatic heterocycles. The van der Waals surface area contributed by atoms with Crippen molar-refractivity contribution in [3.63, 3.8) is 0 Å². The minimum absolute atomic E-state index is 0. The van der Waals surface area contributed by atoms with Crippen LogP contribution in [-0.4, -0.2) is 11.4 Å². The van der Waals surface area contributed by atoms with E-state index in [0.717, 1.165) is 29.3 Å². The first-order valence-corrected chi connectivity index (χ1v) is 8.79. The average Bonchev–Trinajstić information content (AvgIpc) is 3.34. The molecule has 3 aromatic carbocycles. The largest absolute Gasteiger partial charge is 0.325 e. The fourth-order valence-corrected chi connectivity index (χ4v) is 3.58. The number of nitrogens with two attached hydrogens (primary N) is 1. The van der Waals surface area contributed by atoms with Gasteiger partial charge in [-0.3, -0.25) is 4.79 Å². The molecule has 3 N–H and O–H groups in total. The summed E-state index contributed by atoms with van der Waals surface area (Å²) in [6, 6.07) is 21.8. The SMILES string of the molecule is CCC1(N)CC1c1ccc(NC(=O)c2cccc3ccccc23)cc1.Cl. The van der Waals surface area contributed by atoms with Crippen molar-refractivity contribution in [1.82, 2.24) is 0 Å². The Hall–Kier alpha value is -2.36. The Bertz CT molecular complexity index is 933. The lowest BCUT2D eigenvalue weighted by Crippen LogP contribution is -2.22. The van der Waals surface area contributed by atoms with Gasteiger partial charge in [-0.1, -0.05) is 55.5 Å². The molecule has 4 heteroatoms. The quantitative estimate of drug-likeness (QED) is 0.674. The van der Waals surface area contributed by atoms with E-state index in [9.17, 15) is 4.79 Å². The number of fused-ring (bicyclic) bond motifs is 1. The van der Waals surface area contributed by atoms with Gasteiger partial charge >= 0.3 is 0 Å². The highest BCUT2D eigenvalue weighted by atomic mass is 35.5. The zero-order chi connectivity index (χ0) is 17.4. The summed E-state index contributed by atoms with van der Waals surface area (Å²) >= 11 is 0. The molecule has 3 aromatic rings. The molecule has 134 valence electrons. The molecule has 0 saturated heterocycles. The lowest BCUT2D eigenvalue weighted by atomic mass is 10.0. The van der Waals surface area contributed by atoms with Crippen molar-refractivity contribution in [3.05, 3.63) is 77.9 Å². The summed E-state index contributed by atoms with van der Waals surface area (Å²) in [5.74, 6) is 0.359. The van der Waals surface area contributed by atoms with Gasteiger partial charge in [-0.05, 0) is 47.4 Å². The summed E-state index contributed by atoms with van der Waals surface area (Å²) in [6.07, 6.45) is 2.04. The molecule has 1 fully saturated rings. The first-order chi connectivity index (χ1) is 12.1. The fraction of sp³-hybridized carbons (Fsp3) is 0.227. The monoisotopic (exact) mass is 366 g/mol. The lowest BCUT2D eigenvalue weighted by molar-refractivity contribution is 0.102. The Morgan fingerprint density at radius 2 is 1.77 bits per heavy atom. The van der Waals surface area contributed by atoms with Gasteiger partial charge in [0.1, 0.15) is 0 Å². The highest BCUT2D eigenvalue weighted by Gasteiger charge is 2.49. The Morgan fingerprint density at radius 3 is 2.46 bits per heavy atom. The van der Waals surface area contributed by atoms with Gasteiger partial charge < -0.3 is 11.1 Å². The maximum Gasteiger partial charge on any atom is 0.256 e. The number of rotatable bonds is 4. The van der Waals surface area contributed by atoms with Crippen LogP contribution in [-0.2, 0) is 0 Å². The topological polar surface area (TPSA) is 55.1 Å². The standard InChI is InChI=1S/C22H22N2O.ClH/c1-2-22(23)14-20(22)16-10-12-17(13-11-16)24-21(25)19-9-5-7-15-6-3-4-8-18(15)19;/h3-13,20H,2,14,23H2,1H3,(H,24,25);1H. The molecule has 0 spiro atoms. The van der Waals surface area contributed by atoms with Crippen LogP contribution in [0.4, 0.5) is 5.69 Å². The normalized spacial score (nSPS) is 21.1. The van der Waals surface area contributed by atoms with Crippen LogP contribution in [0, 0.1) is 0 Å². The second kappa shape index (κ2) is 7.10. The van der Waals surface area contributed by atoms with Crippen LogP contribution in [0.15, 0.2) is 66.7 Å². The smallest absolute Gasteiger partial charge is 0.256 e. The zero-order valence-corrected chi connectivity index (χ0v) is 15.6. The molecule has 0 bridgehead atoms. The molecular weight excluding hydrogens is 344 g/mol. The van der Waals surface area contributed by atoms with E-state index < -0.39 is 0 Å². The Labute approximate surface area is 160 Å². The van der Waals surface area contributed by atoms with Crippen molar-refractivity contribution >= 4 is 34.8 Å². The summed E-state index contributed by atoms with van der Waals surface area (Å²) in [7, 11) is 0. The van der Waals surface area contributed by atoms with E-state index in [0.29, 0.717) is 11.5 Å². The predicted molar refractivity (Wildman–Crippen MR) is 110 cm³/mol. The Kier molecular flexibility index (Phi) is 5.03. The van der Waals surface area contributed by atoms with Crippen LogP contribution in [0.25, 0.3) is 10.8 Å². The van der Waals surface area contributed by atoms with Crippen molar-refractivity contribution in [3.8, 4) is 0 Å². The summed E-state index contributed by atoms with van der Waals surface area (Å²) in [4.78, 5) is 12.7. The summed E-state index contributed by atoms with van der Waals surface area (Å²) in [5, 5.41) is 5.03. The molecule has 3 nitrogen and oxygen atoms in total. The van der Waals surface area contributed by atoms with E-state index in [-0.39, 0.29) is 23.9 Å². The molecule has 1 aliphatic rings. The molecule has 26 heavy (non-hydrogen) atoms. The van der Waals surface area contributed by atoms with Gasteiger partial charge in [0.25, 0.3) is 5.91 Å². The van der Waals surface area contributed by atoms with Crippen LogP contribution in [0.5, 0.6) is 0 Å². The lowest BCUT2D eigenvalue weighted by Gasteiger charge is -2.10. The van der Waals surface area contributed by atoms with Gasteiger partial charge in [0.15, 0.2) is 0 Å². The Morgan fingerprint density at radius 1 is 1.08 bits per heavy atom. The van der Waals surface area contributed by atoms with Crippen LogP contribution in [0.3, 0.4) is 0 Å². The highest BCUT2D eigenvalue weighted by molar-refractivity contribution is 6.12. The maximum absolute atomic E-state index is 12.7. The van der Waals surface area contributed by atoms with Crippen molar-refractivity contribution < 1.29 is 4.79 Å².